The highest BCUT2D eigenvalue weighted by Crippen LogP contribution is 2.35. The Kier molecular flexibility index (Phi) is 6.98. The predicted octanol–water partition coefficient (Wildman–Crippen LogP) is 6.32. The number of aromatic nitrogens is 2. The van der Waals surface area contributed by atoms with Gasteiger partial charge in [0.2, 0.25) is 6.29 Å². The summed E-state index contributed by atoms with van der Waals surface area (Å²) in [5.41, 5.74) is 2.78. The van der Waals surface area contributed by atoms with Crippen molar-refractivity contribution in [2.24, 2.45) is 5.41 Å². The van der Waals surface area contributed by atoms with Gasteiger partial charge in [0, 0.05) is 22.6 Å². The first-order chi connectivity index (χ1) is 17.9. The van der Waals surface area contributed by atoms with Gasteiger partial charge in [0.05, 0.1) is 30.3 Å². The standard InChI is InChI=1S/C28H25F2N3O4/c1-28(17-37-27(34)31-22-13-12-20(29)14-21(22)30)15-35-26(36-16-28)25-32-23(18-8-4-2-5-9-18)24(33-25)19-10-6-3-7-11-19/h2-14,26H,15-17H2,1H3,(H,31,34)(H,32,33). The molecule has 37 heavy (non-hydrogen) atoms. The Morgan fingerprint density at radius 2 is 1.68 bits per heavy atom. The Morgan fingerprint density at radius 1 is 1.03 bits per heavy atom. The summed E-state index contributed by atoms with van der Waals surface area (Å²) in [6.45, 7) is 2.29. The molecule has 1 aliphatic heterocycles. The Morgan fingerprint density at radius 3 is 2.32 bits per heavy atom. The second-order valence-corrected chi connectivity index (χ2v) is 9.17. The number of imidazole rings is 1. The Balaban J connectivity index is 1.24. The van der Waals surface area contributed by atoms with Crippen molar-refractivity contribution in [3.8, 4) is 22.5 Å². The molecule has 1 saturated heterocycles. The molecule has 0 radical (unpaired) electrons. The minimum absolute atomic E-state index is 0.0307. The number of rotatable bonds is 6. The summed E-state index contributed by atoms with van der Waals surface area (Å²) in [6.07, 6.45) is -1.59. The second-order valence-electron chi connectivity index (χ2n) is 9.17. The van der Waals surface area contributed by atoms with Crippen LogP contribution in [-0.2, 0) is 14.2 Å². The molecule has 0 spiro atoms. The van der Waals surface area contributed by atoms with Crippen molar-refractivity contribution in [1.29, 1.82) is 0 Å². The lowest BCUT2D eigenvalue weighted by molar-refractivity contribution is -0.239. The van der Waals surface area contributed by atoms with Crippen LogP contribution < -0.4 is 5.32 Å². The van der Waals surface area contributed by atoms with Crippen LogP contribution in [0.15, 0.2) is 78.9 Å². The number of carbonyl (C=O) groups is 1. The van der Waals surface area contributed by atoms with E-state index in [0.29, 0.717) is 11.9 Å². The fraction of sp³-hybridized carbons (Fsp3) is 0.214. The topological polar surface area (TPSA) is 85.5 Å². The summed E-state index contributed by atoms with van der Waals surface area (Å²) in [5, 5.41) is 2.27. The van der Waals surface area contributed by atoms with Gasteiger partial charge in [0.15, 0.2) is 5.82 Å². The highest BCUT2D eigenvalue weighted by Gasteiger charge is 2.36. The summed E-state index contributed by atoms with van der Waals surface area (Å²) < 4.78 is 44.0. The molecule has 1 fully saturated rings. The number of ether oxygens (including phenoxy) is 3. The van der Waals surface area contributed by atoms with Crippen LogP contribution in [0.25, 0.3) is 22.5 Å². The molecule has 1 aromatic heterocycles. The summed E-state index contributed by atoms with van der Waals surface area (Å²) in [4.78, 5) is 20.3. The number of benzene rings is 3. The van der Waals surface area contributed by atoms with Crippen molar-refractivity contribution < 1.29 is 27.8 Å². The average molecular weight is 506 g/mol. The lowest BCUT2D eigenvalue weighted by Crippen LogP contribution is -2.41. The van der Waals surface area contributed by atoms with Gasteiger partial charge in [0.25, 0.3) is 0 Å². The summed E-state index contributed by atoms with van der Waals surface area (Å²) in [6, 6.07) is 22.6. The van der Waals surface area contributed by atoms with E-state index in [1.807, 2.05) is 67.6 Å². The van der Waals surface area contributed by atoms with Crippen molar-refractivity contribution >= 4 is 11.8 Å². The van der Waals surface area contributed by atoms with Gasteiger partial charge in [-0.25, -0.2) is 18.6 Å². The van der Waals surface area contributed by atoms with Crippen LogP contribution in [0.4, 0.5) is 19.3 Å². The van der Waals surface area contributed by atoms with Gasteiger partial charge in [0.1, 0.15) is 18.2 Å². The van der Waals surface area contributed by atoms with Gasteiger partial charge >= 0.3 is 6.09 Å². The largest absolute Gasteiger partial charge is 0.449 e. The van der Waals surface area contributed by atoms with E-state index in [9.17, 15) is 13.6 Å². The third-order valence-corrected chi connectivity index (χ3v) is 5.94. The quantitative estimate of drug-likeness (QED) is 0.320. The summed E-state index contributed by atoms with van der Waals surface area (Å²) in [5.74, 6) is -1.10. The van der Waals surface area contributed by atoms with Crippen molar-refractivity contribution in [3.63, 3.8) is 0 Å². The molecule has 7 nitrogen and oxygen atoms in total. The van der Waals surface area contributed by atoms with Crippen LogP contribution in [0.3, 0.4) is 0 Å². The van der Waals surface area contributed by atoms with E-state index in [1.165, 1.54) is 0 Å². The highest BCUT2D eigenvalue weighted by atomic mass is 19.1. The molecule has 0 unspecified atom stereocenters. The number of halogens is 2. The van der Waals surface area contributed by atoms with Gasteiger partial charge < -0.3 is 19.2 Å². The zero-order valence-corrected chi connectivity index (χ0v) is 20.0. The van der Waals surface area contributed by atoms with Crippen LogP contribution in [0.2, 0.25) is 0 Å². The summed E-state index contributed by atoms with van der Waals surface area (Å²) >= 11 is 0. The molecule has 0 saturated carbocycles. The lowest BCUT2D eigenvalue weighted by atomic mass is 9.93. The zero-order valence-electron chi connectivity index (χ0n) is 20.0. The predicted molar refractivity (Wildman–Crippen MR) is 134 cm³/mol. The fourth-order valence-corrected chi connectivity index (χ4v) is 3.98. The molecule has 2 N–H and O–H groups in total. The molecule has 2 heterocycles. The third kappa shape index (κ3) is 5.68. The number of hydrogen-bond donors (Lipinski definition) is 2. The lowest BCUT2D eigenvalue weighted by Gasteiger charge is -2.36. The molecular weight excluding hydrogens is 480 g/mol. The molecule has 1 aliphatic rings. The maximum absolute atomic E-state index is 13.8. The fourth-order valence-electron chi connectivity index (χ4n) is 3.98. The van der Waals surface area contributed by atoms with E-state index in [1.54, 1.807) is 0 Å². The van der Waals surface area contributed by atoms with Gasteiger partial charge in [-0.2, -0.15) is 0 Å². The second kappa shape index (κ2) is 10.5. The third-order valence-electron chi connectivity index (χ3n) is 5.94. The van der Waals surface area contributed by atoms with Crippen molar-refractivity contribution in [2.75, 3.05) is 25.1 Å². The van der Waals surface area contributed by atoms with Crippen molar-refractivity contribution in [3.05, 3.63) is 96.3 Å². The average Bonchev–Trinajstić information content (AvgIpc) is 3.36. The highest BCUT2D eigenvalue weighted by molar-refractivity contribution is 5.84. The number of hydrogen-bond acceptors (Lipinski definition) is 5. The molecule has 5 rings (SSSR count). The Labute approximate surface area is 212 Å². The molecule has 190 valence electrons. The number of nitrogens with one attached hydrogen (secondary N) is 2. The van der Waals surface area contributed by atoms with E-state index in [-0.39, 0.29) is 25.5 Å². The van der Waals surface area contributed by atoms with Crippen LogP contribution in [0, 0.1) is 17.0 Å². The number of aromatic amines is 1. The van der Waals surface area contributed by atoms with E-state index in [0.717, 1.165) is 34.6 Å². The summed E-state index contributed by atoms with van der Waals surface area (Å²) in [7, 11) is 0. The Hall–Kier alpha value is -4.08. The van der Waals surface area contributed by atoms with E-state index < -0.39 is 29.4 Å². The van der Waals surface area contributed by atoms with Gasteiger partial charge in [-0.3, -0.25) is 5.32 Å². The van der Waals surface area contributed by atoms with Crippen LogP contribution in [0.1, 0.15) is 19.0 Å². The smallest absolute Gasteiger partial charge is 0.411 e. The molecule has 1 amide bonds. The minimum Gasteiger partial charge on any atom is -0.449 e. The first kappa shape index (κ1) is 24.6. The zero-order chi connectivity index (χ0) is 25.8. The van der Waals surface area contributed by atoms with Crippen LogP contribution in [-0.4, -0.2) is 35.9 Å². The molecule has 0 aliphatic carbocycles. The normalized spacial score (nSPS) is 19.4. The number of carbonyl (C=O) groups excluding carboxylic acids is 1. The van der Waals surface area contributed by atoms with Crippen LogP contribution in [0.5, 0.6) is 0 Å². The SMILES string of the molecule is CC1(COC(=O)Nc2ccc(F)cc2F)COC(c2nc(-c3ccccc3)c(-c3ccccc3)[nH]2)OC1. The van der Waals surface area contributed by atoms with Gasteiger partial charge in [-0.1, -0.05) is 67.6 Å². The van der Waals surface area contributed by atoms with E-state index in [2.05, 4.69) is 10.3 Å². The maximum Gasteiger partial charge on any atom is 0.411 e. The maximum atomic E-state index is 13.8. The van der Waals surface area contributed by atoms with Gasteiger partial charge in [-0.15, -0.1) is 0 Å². The number of H-pyrrole nitrogens is 1. The number of amides is 1. The van der Waals surface area contributed by atoms with Crippen molar-refractivity contribution in [1.82, 2.24) is 9.97 Å². The first-order valence-electron chi connectivity index (χ1n) is 11.7. The minimum atomic E-state index is -0.890. The number of nitrogens with zero attached hydrogens (tertiary/aromatic N) is 1. The first-order valence-corrected chi connectivity index (χ1v) is 11.7. The molecule has 0 bridgehead atoms. The molecule has 9 heteroatoms. The molecule has 4 aromatic rings. The Bertz CT molecular complexity index is 1310. The van der Waals surface area contributed by atoms with Crippen LogP contribution >= 0.6 is 0 Å². The molecule has 0 atom stereocenters. The molecular formula is C28H25F2N3O4. The van der Waals surface area contributed by atoms with Gasteiger partial charge in [-0.05, 0) is 12.1 Å². The number of anilines is 1. The molecule has 3 aromatic carbocycles. The monoisotopic (exact) mass is 505 g/mol. The van der Waals surface area contributed by atoms with Crippen molar-refractivity contribution in [2.45, 2.75) is 13.2 Å². The van der Waals surface area contributed by atoms with E-state index >= 15 is 0 Å². The van der Waals surface area contributed by atoms with E-state index in [4.69, 9.17) is 19.2 Å².